The molecule has 1 fully saturated rings. The summed E-state index contributed by atoms with van der Waals surface area (Å²) in [6, 6.07) is 11.0. The molecular formula is C18H22FNO. The van der Waals surface area contributed by atoms with E-state index in [-0.39, 0.29) is 5.82 Å². The van der Waals surface area contributed by atoms with Crippen LogP contribution in [-0.2, 0) is 6.54 Å². The lowest BCUT2D eigenvalue weighted by Gasteiger charge is -2.26. The molecule has 2 nitrogen and oxygen atoms in total. The van der Waals surface area contributed by atoms with Crippen LogP contribution in [0.15, 0.2) is 40.8 Å². The summed E-state index contributed by atoms with van der Waals surface area (Å²) in [4.78, 5) is 0. The molecule has 1 aromatic carbocycles. The second-order valence-corrected chi connectivity index (χ2v) is 6.11. The molecule has 0 radical (unpaired) electrons. The topological polar surface area (TPSA) is 25.2 Å². The summed E-state index contributed by atoms with van der Waals surface area (Å²) < 4.78 is 18.8. The van der Waals surface area contributed by atoms with Crippen molar-refractivity contribution in [3.8, 4) is 11.3 Å². The first kappa shape index (κ1) is 14.3. The van der Waals surface area contributed by atoms with Crippen LogP contribution in [0.2, 0.25) is 0 Å². The summed E-state index contributed by atoms with van der Waals surface area (Å²) in [6.45, 7) is 3.10. The summed E-state index contributed by atoms with van der Waals surface area (Å²) >= 11 is 0. The number of benzene rings is 1. The molecule has 0 bridgehead atoms. The third-order valence-electron chi connectivity index (χ3n) is 4.37. The third-order valence-corrected chi connectivity index (χ3v) is 4.37. The van der Waals surface area contributed by atoms with E-state index in [0.717, 1.165) is 29.5 Å². The molecule has 0 atom stereocenters. The van der Waals surface area contributed by atoms with Gasteiger partial charge in [0.25, 0.3) is 0 Å². The van der Waals surface area contributed by atoms with Gasteiger partial charge in [-0.1, -0.05) is 6.92 Å². The van der Waals surface area contributed by atoms with E-state index >= 15 is 0 Å². The van der Waals surface area contributed by atoms with Crippen LogP contribution in [0, 0.1) is 11.7 Å². The van der Waals surface area contributed by atoms with Crippen molar-refractivity contribution >= 4 is 0 Å². The van der Waals surface area contributed by atoms with Crippen LogP contribution in [0.1, 0.15) is 38.4 Å². The van der Waals surface area contributed by atoms with Gasteiger partial charge in [-0.25, -0.2) is 4.39 Å². The minimum absolute atomic E-state index is 0.223. The zero-order valence-electron chi connectivity index (χ0n) is 12.4. The van der Waals surface area contributed by atoms with Crippen molar-refractivity contribution in [1.82, 2.24) is 5.32 Å². The van der Waals surface area contributed by atoms with E-state index in [1.807, 2.05) is 12.1 Å². The van der Waals surface area contributed by atoms with Crippen molar-refractivity contribution in [3.05, 3.63) is 48.0 Å². The Kier molecular flexibility index (Phi) is 4.39. The lowest BCUT2D eigenvalue weighted by atomic mass is 9.87. The van der Waals surface area contributed by atoms with Crippen LogP contribution < -0.4 is 5.32 Å². The zero-order chi connectivity index (χ0) is 14.7. The quantitative estimate of drug-likeness (QED) is 0.877. The Morgan fingerprint density at radius 2 is 1.76 bits per heavy atom. The highest BCUT2D eigenvalue weighted by molar-refractivity contribution is 5.57. The fraction of sp³-hybridized carbons (Fsp3) is 0.444. The molecule has 0 amide bonds. The zero-order valence-corrected chi connectivity index (χ0v) is 12.4. The SMILES string of the molecule is CC1CCC(NCc2ccc(-c3ccc(F)cc3)o2)CC1. The first-order valence-corrected chi connectivity index (χ1v) is 7.79. The first-order valence-electron chi connectivity index (χ1n) is 7.79. The van der Waals surface area contributed by atoms with E-state index in [9.17, 15) is 4.39 Å². The normalized spacial score (nSPS) is 22.4. The van der Waals surface area contributed by atoms with Crippen molar-refractivity contribution in [2.45, 2.75) is 45.2 Å². The van der Waals surface area contributed by atoms with Gasteiger partial charge in [0.1, 0.15) is 17.3 Å². The molecule has 1 saturated carbocycles. The largest absolute Gasteiger partial charge is 0.460 e. The monoisotopic (exact) mass is 287 g/mol. The van der Waals surface area contributed by atoms with E-state index in [0.29, 0.717) is 6.04 Å². The summed E-state index contributed by atoms with van der Waals surface area (Å²) in [6.07, 6.45) is 5.15. The average Bonchev–Trinajstić information content (AvgIpc) is 2.96. The van der Waals surface area contributed by atoms with Crippen molar-refractivity contribution in [2.24, 2.45) is 5.92 Å². The Hall–Kier alpha value is -1.61. The second kappa shape index (κ2) is 6.44. The van der Waals surface area contributed by atoms with Crippen LogP contribution in [0.3, 0.4) is 0 Å². The van der Waals surface area contributed by atoms with Gasteiger partial charge in [0, 0.05) is 11.6 Å². The number of furan rings is 1. The van der Waals surface area contributed by atoms with Gasteiger partial charge in [-0.3, -0.25) is 0 Å². The first-order chi connectivity index (χ1) is 10.2. The predicted octanol–water partition coefficient (Wildman–Crippen LogP) is 4.75. The Morgan fingerprint density at radius 3 is 2.48 bits per heavy atom. The van der Waals surface area contributed by atoms with Crippen molar-refractivity contribution in [2.75, 3.05) is 0 Å². The van der Waals surface area contributed by atoms with Gasteiger partial charge in [-0.2, -0.15) is 0 Å². The molecule has 3 heteroatoms. The molecule has 21 heavy (non-hydrogen) atoms. The maximum absolute atomic E-state index is 12.9. The molecule has 1 aliphatic rings. The molecule has 1 aromatic heterocycles. The Morgan fingerprint density at radius 1 is 1.05 bits per heavy atom. The Balaban J connectivity index is 1.56. The third kappa shape index (κ3) is 3.73. The average molecular weight is 287 g/mol. The van der Waals surface area contributed by atoms with Gasteiger partial charge in [-0.15, -0.1) is 0 Å². The van der Waals surface area contributed by atoms with Crippen LogP contribution >= 0.6 is 0 Å². The fourth-order valence-electron chi connectivity index (χ4n) is 2.95. The van der Waals surface area contributed by atoms with Crippen molar-refractivity contribution in [3.63, 3.8) is 0 Å². The molecule has 1 heterocycles. The standard InChI is InChI=1S/C18H22FNO/c1-13-2-8-16(9-3-13)20-12-17-10-11-18(21-17)14-4-6-15(19)7-5-14/h4-7,10-11,13,16,20H,2-3,8-9,12H2,1H3. The van der Waals surface area contributed by atoms with E-state index in [1.54, 1.807) is 12.1 Å². The van der Waals surface area contributed by atoms with Gasteiger partial charge >= 0.3 is 0 Å². The molecule has 2 aromatic rings. The number of nitrogens with one attached hydrogen (secondary N) is 1. The summed E-state index contributed by atoms with van der Waals surface area (Å²) in [7, 11) is 0. The lowest BCUT2D eigenvalue weighted by Crippen LogP contribution is -2.32. The van der Waals surface area contributed by atoms with Gasteiger partial charge in [0.2, 0.25) is 0 Å². The molecule has 112 valence electrons. The maximum atomic E-state index is 12.9. The number of hydrogen-bond acceptors (Lipinski definition) is 2. The molecule has 0 saturated heterocycles. The van der Waals surface area contributed by atoms with Crippen molar-refractivity contribution < 1.29 is 8.81 Å². The Bertz CT molecular complexity index is 567. The predicted molar refractivity (Wildman–Crippen MR) is 82.4 cm³/mol. The Labute approximate surface area is 125 Å². The molecule has 0 spiro atoms. The van der Waals surface area contributed by atoms with Crippen LogP contribution in [0.4, 0.5) is 4.39 Å². The summed E-state index contributed by atoms with van der Waals surface area (Å²) in [5.74, 6) is 2.38. The van der Waals surface area contributed by atoms with Crippen LogP contribution in [0.25, 0.3) is 11.3 Å². The highest BCUT2D eigenvalue weighted by Gasteiger charge is 2.17. The van der Waals surface area contributed by atoms with Gasteiger partial charge in [0.05, 0.1) is 6.54 Å². The summed E-state index contributed by atoms with van der Waals surface area (Å²) in [5, 5.41) is 3.58. The minimum atomic E-state index is -0.223. The molecule has 0 aliphatic heterocycles. The number of halogens is 1. The number of rotatable bonds is 4. The number of hydrogen-bond donors (Lipinski definition) is 1. The van der Waals surface area contributed by atoms with Gasteiger partial charge in [0.15, 0.2) is 0 Å². The molecule has 3 rings (SSSR count). The van der Waals surface area contributed by atoms with E-state index < -0.39 is 0 Å². The van der Waals surface area contributed by atoms with E-state index in [1.165, 1.54) is 37.8 Å². The molecule has 1 N–H and O–H groups in total. The molecular weight excluding hydrogens is 265 g/mol. The van der Waals surface area contributed by atoms with E-state index in [2.05, 4.69) is 12.2 Å². The van der Waals surface area contributed by atoms with Crippen LogP contribution in [-0.4, -0.2) is 6.04 Å². The summed E-state index contributed by atoms with van der Waals surface area (Å²) in [5.41, 5.74) is 0.911. The smallest absolute Gasteiger partial charge is 0.134 e. The van der Waals surface area contributed by atoms with Crippen molar-refractivity contribution in [1.29, 1.82) is 0 Å². The maximum Gasteiger partial charge on any atom is 0.134 e. The lowest BCUT2D eigenvalue weighted by molar-refractivity contribution is 0.300. The van der Waals surface area contributed by atoms with Gasteiger partial charge in [-0.05, 0) is 68.0 Å². The highest BCUT2D eigenvalue weighted by atomic mass is 19.1. The van der Waals surface area contributed by atoms with Gasteiger partial charge < -0.3 is 9.73 Å². The fourth-order valence-corrected chi connectivity index (χ4v) is 2.95. The minimum Gasteiger partial charge on any atom is -0.460 e. The van der Waals surface area contributed by atoms with E-state index in [4.69, 9.17) is 4.42 Å². The highest BCUT2D eigenvalue weighted by Crippen LogP contribution is 2.25. The van der Waals surface area contributed by atoms with Crippen LogP contribution in [0.5, 0.6) is 0 Å². The molecule has 1 aliphatic carbocycles. The second-order valence-electron chi connectivity index (χ2n) is 6.11. The molecule has 0 unspecified atom stereocenters.